The summed E-state index contributed by atoms with van der Waals surface area (Å²) in [7, 11) is 0. The second kappa shape index (κ2) is 7.27. The van der Waals surface area contributed by atoms with Gasteiger partial charge in [-0.05, 0) is 36.9 Å². The molecule has 1 aromatic heterocycles. The van der Waals surface area contributed by atoms with E-state index in [-0.39, 0.29) is 0 Å². The van der Waals surface area contributed by atoms with E-state index in [4.69, 9.17) is 0 Å². The van der Waals surface area contributed by atoms with Gasteiger partial charge in [-0.2, -0.15) is 0 Å². The Labute approximate surface area is 116 Å². The maximum absolute atomic E-state index is 3.55. The molecular weight excluding hydrogens is 240 g/mol. The van der Waals surface area contributed by atoms with Gasteiger partial charge >= 0.3 is 0 Å². The fourth-order valence-corrected chi connectivity index (χ4v) is 2.94. The van der Waals surface area contributed by atoms with Crippen LogP contribution in [0.1, 0.15) is 39.5 Å². The van der Waals surface area contributed by atoms with Gasteiger partial charge in [-0.15, -0.1) is 11.3 Å². The highest BCUT2D eigenvalue weighted by Gasteiger charge is 2.27. The molecule has 2 nitrogen and oxygen atoms in total. The first-order valence-electron chi connectivity index (χ1n) is 6.97. The van der Waals surface area contributed by atoms with Gasteiger partial charge in [0.05, 0.1) is 0 Å². The molecule has 1 heterocycles. The first kappa shape index (κ1) is 15.7. The molecule has 1 rings (SSSR count). The van der Waals surface area contributed by atoms with Crippen LogP contribution < -0.4 is 5.32 Å². The van der Waals surface area contributed by atoms with Gasteiger partial charge in [0.15, 0.2) is 0 Å². The molecule has 0 amide bonds. The molecule has 0 bridgehead atoms. The molecule has 0 saturated heterocycles. The van der Waals surface area contributed by atoms with E-state index in [2.05, 4.69) is 62.3 Å². The quantitative estimate of drug-likeness (QED) is 0.775. The standard InChI is InChI=1S/C15H28N2S/c1-6-16-13(3)15(4,5)12-17(7-2)11-14-9-8-10-18-14/h8-10,13,16H,6-7,11-12H2,1-5H3. The average Bonchev–Trinajstić information content (AvgIpc) is 2.81. The monoisotopic (exact) mass is 268 g/mol. The Morgan fingerprint density at radius 1 is 1.39 bits per heavy atom. The lowest BCUT2D eigenvalue weighted by atomic mass is 9.84. The van der Waals surface area contributed by atoms with Crippen LogP contribution in [0.4, 0.5) is 0 Å². The van der Waals surface area contributed by atoms with Crippen LogP contribution in [-0.4, -0.2) is 30.6 Å². The van der Waals surface area contributed by atoms with Crippen LogP contribution in [0.15, 0.2) is 17.5 Å². The molecule has 0 aliphatic carbocycles. The second-order valence-electron chi connectivity index (χ2n) is 5.65. The van der Waals surface area contributed by atoms with Crippen LogP contribution in [0, 0.1) is 5.41 Å². The van der Waals surface area contributed by atoms with Crippen LogP contribution >= 0.6 is 11.3 Å². The highest BCUT2D eigenvalue weighted by atomic mass is 32.1. The molecule has 104 valence electrons. The predicted molar refractivity (Wildman–Crippen MR) is 82.2 cm³/mol. The van der Waals surface area contributed by atoms with Crippen molar-refractivity contribution in [3.63, 3.8) is 0 Å². The molecule has 1 unspecified atom stereocenters. The van der Waals surface area contributed by atoms with Crippen molar-refractivity contribution in [2.24, 2.45) is 5.41 Å². The van der Waals surface area contributed by atoms with Gasteiger partial charge in [-0.3, -0.25) is 4.90 Å². The van der Waals surface area contributed by atoms with Gasteiger partial charge in [0.2, 0.25) is 0 Å². The van der Waals surface area contributed by atoms with Crippen molar-refractivity contribution in [3.05, 3.63) is 22.4 Å². The van der Waals surface area contributed by atoms with E-state index in [0.29, 0.717) is 11.5 Å². The van der Waals surface area contributed by atoms with Crippen LogP contribution in [0.5, 0.6) is 0 Å². The van der Waals surface area contributed by atoms with E-state index < -0.39 is 0 Å². The van der Waals surface area contributed by atoms with Crippen LogP contribution in [0.25, 0.3) is 0 Å². The highest BCUT2D eigenvalue weighted by molar-refractivity contribution is 7.09. The number of rotatable bonds is 8. The molecule has 0 saturated carbocycles. The third kappa shape index (κ3) is 4.71. The highest BCUT2D eigenvalue weighted by Crippen LogP contribution is 2.23. The van der Waals surface area contributed by atoms with Gasteiger partial charge in [-0.25, -0.2) is 0 Å². The number of nitrogens with zero attached hydrogens (tertiary/aromatic N) is 1. The van der Waals surface area contributed by atoms with E-state index in [1.54, 1.807) is 0 Å². The summed E-state index contributed by atoms with van der Waals surface area (Å²) in [6.45, 7) is 15.8. The molecule has 0 aromatic carbocycles. The Kier molecular flexibility index (Phi) is 6.33. The van der Waals surface area contributed by atoms with E-state index in [0.717, 1.165) is 26.2 Å². The number of nitrogens with one attached hydrogen (secondary N) is 1. The summed E-state index contributed by atoms with van der Waals surface area (Å²) in [4.78, 5) is 4.00. The topological polar surface area (TPSA) is 15.3 Å². The van der Waals surface area contributed by atoms with Gasteiger partial charge in [-0.1, -0.05) is 33.8 Å². The predicted octanol–water partition coefficient (Wildman–Crippen LogP) is 3.59. The molecule has 3 heteroatoms. The first-order valence-corrected chi connectivity index (χ1v) is 7.85. The zero-order valence-electron chi connectivity index (χ0n) is 12.5. The summed E-state index contributed by atoms with van der Waals surface area (Å²) in [5, 5.41) is 5.71. The molecule has 18 heavy (non-hydrogen) atoms. The minimum Gasteiger partial charge on any atom is -0.314 e. The van der Waals surface area contributed by atoms with Crippen LogP contribution in [0.2, 0.25) is 0 Å². The van der Waals surface area contributed by atoms with Crippen molar-refractivity contribution >= 4 is 11.3 Å². The van der Waals surface area contributed by atoms with E-state index in [9.17, 15) is 0 Å². The largest absolute Gasteiger partial charge is 0.314 e. The number of hydrogen-bond donors (Lipinski definition) is 1. The molecule has 1 N–H and O–H groups in total. The summed E-state index contributed by atoms with van der Waals surface area (Å²) < 4.78 is 0. The Hall–Kier alpha value is -0.380. The van der Waals surface area contributed by atoms with E-state index in [1.165, 1.54) is 4.88 Å². The number of hydrogen-bond acceptors (Lipinski definition) is 3. The molecule has 0 fully saturated rings. The van der Waals surface area contributed by atoms with Crippen LogP contribution in [-0.2, 0) is 6.54 Å². The Morgan fingerprint density at radius 2 is 2.11 bits per heavy atom. The Balaban J connectivity index is 2.56. The van der Waals surface area contributed by atoms with Crippen molar-refractivity contribution in [1.82, 2.24) is 10.2 Å². The average molecular weight is 268 g/mol. The number of thiophene rings is 1. The minimum absolute atomic E-state index is 0.295. The van der Waals surface area contributed by atoms with E-state index in [1.807, 2.05) is 11.3 Å². The third-order valence-corrected chi connectivity index (χ3v) is 4.58. The lowest BCUT2D eigenvalue weighted by molar-refractivity contribution is 0.144. The summed E-state index contributed by atoms with van der Waals surface area (Å²) in [5.74, 6) is 0. The van der Waals surface area contributed by atoms with Gasteiger partial charge in [0, 0.05) is 24.0 Å². The van der Waals surface area contributed by atoms with Crippen molar-refractivity contribution < 1.29 is 0 Å². The van der Waals surface area contributed by atoms with Crippen molar-refractivity contribution in [1.29, 1.82) is 0 Å². The van der Waals surface area contributed by atoms with Crippen LogP contribution in [0.3, 0.4) is 0 Å². The zero-order chi connectivity index (χ0) is 13.6. The molecule has 0 radical (unpaired) electrons. The summed E-state index contributed by atoms with van der Waals surface area (Å²) >= 11 is 1.85. The van der Waals surface area contributed by atoms with Gasteiger partial charge in [0.1, 0.15) is 0 Å². The molecule has 0 aliphatic rings. The lowest BCUT2D eigenvalue weighted by Gasteiger charge is -2.37. The Morgan fingerprint density at radius 3 is 2.61 bits per heavy atom. The molecule has 1 atom stereocenters. The third-order valence-electron chi connectivity index (χ3n) is 3.72. The molecule has 0 aliphatic heterocycles. The fourth-order valence-electron chi connectivity index (χ4n) is 2.20. The summed E-state index contributed by atoms with van der Waals surface area (Å²) in [6, 6.07) is 4.91. The van der Waals surface area contributed by atoms with E-state index >= 15 is 0 Å². The van der Waals surface area contributed by atoms with Gasteiger partial charge < -0.3 is 5.32 Å². The lowest BCUT2D eigenvalue weighted by Crippen LogP contribution is -2.46. The normalized spacial score (nSPS) is 14.1. The molecule has 0 spiro atoms. The SMILES string of the molecule is CCNC(C)C(C)(C)CN(CC)Cc1cccs1. The molecule has 1 aromatic rings. The maximum atomic E-state index is 3.55. The second-order valence-corrected chi connectivity index (χ2v) is 6.68. The molecular formula is C15H28N2S. The van der Waals surface area contributed by atoms with Crippen molar-refractivity contribution in [3.8, 4) is 0 Å². The fraction of sp³-hybridized carbons (Fsp3) is 0.733. The summed E-state index contributed by atoms with van der Waals surface area (Å²) in [5.41, 5.74) is 0.295. The smallest absolute Gasteiger partial charge is 0.0328 e. The minimum atomic E-state index is 0.295. The van der Waals surface area contributed by atoms with Gasteiger partial charge in [0.25, 0.3) is 0 Å². The maximum Gasteiger partial charge on any atom is 0.0328 e. The Bertz CT molecular complexity index is 319. The first-order chi connectivity index (χ1) is 8.49. The zero-order valence-corrected chi connectivity index (χ0v) is 13.3. The van der Waals surface area contributed by atoms with Crippen molar-refractivity contribution in [2.45, 2.75) is 47.2 Å². The summed E-state index contributed by atoms with van der Waals surface area (Å²) in [6.07, 6.45) is 0. The van der Waals surface area contributed by atoms with Crippen molar-refractivity contribution in [2.75, 3.05) is 19.6 Å².